The van der Waals surface area contributed by atoms with E-state index in [-0.39, 0.29) is 0 Å². The van der Waals surface area contributed by atoms with Gasteiger partial charge in [0.15, 0.2) is 11.5 Å². The van der Waals surface area contributed by atoms with Gasteiger partial charge in [0.2, 0.25) is 0 Å². The van der Waals surface area contributed by atoms with Crippen LogP contribution in [0.4, 0.5) is 11.5 Å². The summed E-state index contributed by atoms with van der Waals surface area (Å²) in [6.07, 6.45) is 3.55. The highest BCUT2D eigenvalue weighted by Crippen LogP contribution is 2.27. The van der Waals surface area contributed by atoms with Crippen LogP contribution in [0.2, 0.25) is 0 Å². The molecule has 19 heavy (non-hydrogen) atoms. The largest absolute Gasteiger partial charge is 0.464 e. The van der Waals surface area contributed by atoms with E-state index in [2.05, 4.69) is 16.8 Å². The first-order valence-electron chi connectivity index (χ1n) is 6.75. The average molecular weight is 263 g/mol. The van der Waals surface area contributed by atoms with Gasteiger partial charge >= 0.3 is 5.97 Å². The highest BCUT2D eigenvalue weighted by atomic mass is 16.5. The molecule has 0 aliphatic carbocycles. The molecule has 0 radical (unpaired) electrons. The van der Waals surface area contributed by atoms with E-state index in [1.807, 2.05) is 0 Å². The van der Waals surface area contributed by atoms with E-state index in [1.54, 1.807) is 12.1 Å². The van der Waals surface area contributed by atoms with Crippen molar-refractivity contribution in [2.75, 3.05) is 30.8 Å². The molecule has 5 heteroatoms. The number of nitrogens with two attached hydrogens (primary N) is 1. The standard InChI is InChI=1S/C14H21N3O2/c1-3-10-5-4-8-17(9-10)13-11(15)6-7-12(16-13)14(18)19-2/h6-7,10H,3-5,8-9,15H2,1-2H3. The monoisotopic (exact) mass is 263 g/mol. The van der Waals surface area contributed by atoms with Gasteiger partial charge in [-0.1, -0.05) is 13.3 Å². The Labute approximate surface area is 113 Å². The number of carbonyl (C=O) groups is 1. The SMILES string of the molecule is CCC1CCCN(c2nc(C(=O)OC)ccc2N)C1. The van der Waals surface area contributed by atoms with Crippen LogP contribution in [0.25, 0.3) is 0 Å². The molecule has 0 aromatic carbocycles. The minimum Gasteiger partial charge on any atom is -0.464 e. The molecule has 1 unspecified atom stereocenters. The van der Waals surface area contributed by atoms with Crippen LogP contribution in [0.15, 0.2) is 12.1 Å². The number of anilines is 2. The Bertz CT molecular complexity index is 462. The van der Waals surface area contributed by atoms with E-state index < -0.39 is 5.97 Å². The second-order valence-corrected chi connectivity index (χ2v) is 4.96. The van der Waals surface area contributed by atoms with Crippen molar-refractivity contribution in [2.45, 2.75) is 26.2 Å². The van der Waals surface area contributed by atoms with Gasteiger partial charge in [0.1, 0.15) is 0 Å². The summed E-state index contributed by atoms with van der Waals surface area (Å²) in [5, 5.41) is 0. The molecular formula is C14H21N3O2. The number of nitrogens with zero attached hydrogens (tertiary/aromatic N) is 2. The average Bonchev–Trinajstić information content (AvgIpc) is 2.47. The number of methoxy groups -OCH3 is 1. The van der Waals surface area contributed by atoms with Crippen molar-refractivity contribution < 1.29 is 9.53 Å². The summed E-state index contributed by atoms with van der Waals surface area (Å²) in [7, 11) is 1.36. The van der Waals surface area contributed by atoms with Crippen LogP contribution in [-0.2, 0) is 4.74 Å². The molecule has 5 nitrogen and oxygen atoms in total. The lowest BCUT2D eigenvalue weighted by molar-refractivity contribution is 0.0594. The molecule has 1 atom stereocenters. The predicted molar refractivity (Wildman–Crippen MR) is 75.2 cm³/mol. The molecule has 1 aromatic rings. The van der Waals surface area contributed by atoms with Gasteiger partial charge in [-0.3, -0.25) is 0 Å². The van der Waals surface area contributed by atoms with E-state index >= 15 is 0 Å². The van der Waals surface area contributed by atoms with Crippen LogP contribution in [0.3, 0.4) is 0 Å². The van der Waals surface area contributed by atoms with E-state index in [0.29, 0.717) is 23.1 Å². The minimum absolute atomic E-state index is 0.310. The van der Waals surface area contributed by atoms with Gasteiger partial charge in [0, 0.05) is 13.1 Å². The summed E-state index contributed by atoms with van der Waals surface area (Å²) in [5.41, 5.74) is 6.92. The Hall–Kier alpha value is -1.78. The fourth-order valence-corrected chi connectivity index (χ4v) is 2.52. The predicted octanol–water partition coefficient (Wildman–Crippen LogP) is 2.08. The Kier molecular flexibility index (Phi) is 4.24. The van der Waals surface area contributed by atoms with Crippen molar-refractivity contribution >= 4 is 17.5 Å². The van der Waals surface area contributed by atoms with Crippen LogP contribution >= 0.6 is 0 Å². The summed E-state index contributed by atoms with van der Waals surface area (Å²) >= 11 is 0. The Morgan fingerprint density at radius 3 is 3.05 bits per heavy atom. The molecule has 1 aromatic heterocycles. The molecule has 0 amide bonds. The van der Waals surface area contributed by atoms with Gasteiger partial charge in [0.05, 0.1) is 12.8 Å². The molecule has 1 aliphatic rings. The molecule has 0 bridgehead atoms. The van der Waals surface area contributed by atoms with Gasteiger partial charge in [0.25, 0.3) is 0 Å². The Morgan fingerprint density at radius 1 is 1.58 bits per heavy atom. The van der Waals surface area contributed by atoms with Crippen molar-refractivity contribution in [3.63, 3.8) is 0 Å². The molecule has 104 valence electrons. The quantitative estimate of drug-likeness (QED) is 0.846. The van der Waals surface area contributed by atoms with Crippen LogP contribution in [0, 0.1) is 5.92 Å². The van der Waals surface area contributed by atoms with Gasteiger partial charge < -0.3 is 15.4 Å². The number of rotatable bonds is 3. The van der Waals surface area contributed by atoms with Gasteiger partial charge in [-0.15, -0.1) is 0 Å². The molecule has 2 N–H and O–H groups in total. The Morgan fingerprint density at radius 2 is 2.37 bits per heavy atom. The number of esters is 1. The lowest BCUT2D eigenvalue weighted by atomic mass is 9.95. The summed E-state index contributed by atoms with van der Waals surface area (Å²) < 4.78 is 4.70. The maximum absolute atomic E-state index is 11.5. The number of carbonyl (C=O) groups excluding carboxylic acids is 1. The second kappa shape index (κ2) is 5.91. The lowest BCUT2D eigenvalue weighted by Gasteiger charge is -2.33. The number of ether oxygens (including phenoxy) is 1. The smallest absolute Gasteiger partial charge is 0.356 e. The Balaban J connectivity index is 2.25. The summed E-state index contributed by atoms with van der Waals surface area (Å²) in [4.78, 5) is 18.1. The van der Waals surface area contributed by atoms with Gasteiger partial charge in [-0.25, -0.2) is 9.78 Å². The third-order valence-corrected chi connectivity index (χ3v) is 3.70. The number of pyridine rings is 1. The molecule has 2 heterocycles. The maximum Gasteiger partial charge on any atom is 0.356 e. The van der Waals surface area contributed by atoms with Crippen LogP contribution < -0.4 is 10.6 Å². The highest BCUT2D eigenvalue weighted by molar-refractivity contribution is 5.88. The molecule has 1 aliphatic heterocycles. The minimum atomic E-state index is -0.426. The first-order chi connectivity index (χ1) is 9.15. The number of piperidine rings is 1. The van der Waals surface area contributed by atoms with Crippen LogP contribution in [-0.4, -0.2) is 31.2 Å². The number of hydrogen-bond acceptors (Lipinski definition) is 5. The van der Waals surface area contributed by atoms with Crippen molar-refractivity contribution in [2.24, 2.45) is 5.92 Å². The third-order valence-electron chi connectivity index (χ3n) is 3.70. The van der Waals surface area contributed by atoms with Gasteiger partial charge in [-0.2, -0.15) is 0 Å². The maximum atomic E-state index is 11.5. The van der Waals surface area contributed by atoms with Crippen molar-refractivity contribution in [1.82, 2.24) is 4.98 Å². The summed E-state index contributed by atoms with van der Waals surface area (Å²) in [6, 6.07) is 3.33. The highest BCUT2D eigenvalue weighted by Gasteiger charge is 2.22. The van der Waals surface area contributed by atoms with E-state index in [1.165, 1.54) is 13.5 Å². The van der Waals surface area contributed by atoms with Crippen LogP contribution in [0.1, 0.15) is 36.7 Å². The van der Waals surface area contributed by atoms with Crippen molar-refractivity contribution in [3.05, 3.63) is 17.8 Å². The van der Waals surface area contributed by atoms with Crippen molar-refractivity contribution in [1.29, 1.82) is 0 Å². The van der Waals surface area contributed by atoms with E-state index in [4.69, 9.17) is 10.5 Å². The first-order valence-corrected chi connectivity index (χ1v) is 6.75. The van der Waals surface area contributed by atoms with E-state index in [9.17, 15) is 4.79 Å². The third kappa shape index (κ3) is 2.97. The lowest BCUT2D eigenvalue weighted by Crippen LogP contribution is -2.36. The first kappa shape index (κ1) is 13.6. The van der Waals surface area contributed by atoms with E-state index in [0.717, 1.165) is 25.9 Å². The summed E-state index contributed by atoms with van der Waals surface area (Å²) in [5.74, 6) is 0.961. The fraction of sp³-hybridized carbons (Fsp3) is 0.571. The zero-order valence-electron chi connectivity index (χ0n) is 11.6. The topological polar surface area (TPSA) is 68.5 Å². The molecular weight excluding hydrogens is 242 g/mol. The molecule has 1 fully saturated rings. The number of hydrogen-bond donors (Lipinski definition) is 1. The fourth-order valence-electron chi connectivity index (χ4n) is 2.52. The normalized spacial score (nSPS) is 19.3. The zero-order chi connectivity index (χ0) is 13.8. The summed E-state index contributed by atoms with van der Waals surface area (Å²) in [6.45, 7) is 4.10. The molecule has 1 saturated heterocycles. The van der Waals surface area contributed by atoms with Gasteiger partial charge in [-0.05, 0) is 30.9 Å². The zero-order valence-corrected chi connectivity index (χ0v) is 11.6. The molecule has 0 spiro atoms. The van der Waals surface area contributed by atoms with Crippen LogP contribution in [0.5, 0.6) is 0 Å². The molecule has 0 saturated carbocycles. The second-order valence-electron chi connectivity index (χ2n) is 4.96. The molecule has 2 rings (SSSR count). The van der Waals surface area contributed by atoms with Crippen molar-refractivity contribution in [3.8, 4) is 0 Å². The number of aromatic nitrogens is 1. The number of nitrogen functional groups attached to an aromatic ring is 1.